The van der Waals surface area contributed by atoms with Crippen LogP contribution in [0.2, 0.25) is 0 Å². The number of amides is 1. The van der Waals surface area contributed by atoms with Crippen molar-refractivity contribution in [1.29, 1.82) is 0 Å². The molecule has 22 heavy (non-hydrogen) atoms. The van der Waals surface area contributed by atoms with Gasteiger partial charge in [0.05, 0.1) is 5.60 Å². The summed E-state index contributed by atoms with van der Waals surface area (Å²) in [6, 6.07) is 0.607. The van der Waals surface area contributed by atoms with Crippen molar-refractivity contribution < 1.29 is 19.4 Å². The predicted octanol–water partition coefficient (Wildman–Crippen LogP) is 1.64. The molecule has 6 nitrogen and oxygen atoms in total. The third-order valence-electron chi connectivity index (χ3n) is 4.44. The molecule has 0 aromatic carbocycles. The van der Waals surface area contributed by atoms with Crippen molar-refractivity contribution in [2.75, 3.05) is 20.1 Å². The number of carboxylic acids is 1. The van der Waals surface area contributed by atoms with Gasteiger partial charge in [0.2, 0.25) is 0 Å². The molecule has 0 unspecified atom stereocenters. The topological polar surface area (TPSA) is 78.9 Å². The van der Waals surface area contributed by atoms with E-state index in [1.165, 1.54) is 0 Å². The van der Waals surface area contributed by atoms with Gasteiger partial charge in [-0.2, -0.15) is 0 Å². The Hall–Kier alpha value is -1.14. The molecular weight excluding hydrogens is 284 g/mol. The minimum atomic E-state index is -0.833. The largest absolute Gasteiger partial charge is 0.481 e. The summed E-state index contributed by atoms with van der Waals surface area (Å²) in [7, 11) is 2.02. The Bertz CT molecular complexity index is 397. The highest BCUT2D eigenvalue weighted by atomic mass is 16.5. The van der Waals surface area contributed by atoms with Gasteiger partial charge in [-0.05, 0) is 53.5 Å². The second kappa shape index (κ2) is 7.42. The first-order valence-corrected chi connectivity index (χ1v) is 8.02. The highest BCUT2D eigenvalue weighted by molar-refractivity contribution is 5.85. The number of nitrogens with zero attached hydrogens (tertiary/aromatic N) is 1. The Labute approximate surface area is 133 Å². The maximum Gasteiger partial charge on any atom is 0.300 e. The lowest BCUT2D eigenvalue weighted by Gasteiger charge is -2.51. The lowest BCUT2D eigenvalue weighted by atomic mass is 9.79. The monoisotopic (exact) mass is 314 g/mol. The van der Waals surface area contributed by atoms with Crippen LogP contribution in [0.15, 0.2) is 0 Å². The van der Waals surface area contributed by atoms with E-state index in [1.54, 1.807) is 0 Å². The fourth-order valence-corrected chi connectivity index (χ4v) is 3.37. The van der Waals surface area contributed by atoms with Gasteiger partial charge in [-0.1, -0.05) is 0 Å². The smallest absolute Gasteiger partial charge is 0.300 e. The molecule has 1 saturated heterocycles. The normalized spacial score (nSPS) is 30.7. The lowest BCUT2D eigenvalue weighted by molar-refractivity contribution is -0.214. The first-order chi connectivity index (χ1) is 10.2. The van der Waals surface area contributed by atoms with Crippen LogP contribution in [0.1, 0.15) is 53.4 Å². The Kier molecular flexibility index (Phi) is 6.38. The van der Waals surface area contributed by atoms with Gasteiger partial charge in [0.15, 0.2) is 0 Å². The first-order valence-electron chi connectivity index (χ1n) is 8.02. The maximum atomic E-state index is 12.2. The number of morpholine rings is 1. The van der Waals surface area contributed by atoms with Crippen LogP contribution in [0.4, 0.5) is 0 Å². The number of nitrogens with one attached hydrogen (secondary N) is 1. The van der Waals surface area contributed by atoms with E-state index in [0.717, 1.165) is 45.7 Å². The van der Waals surface area contributed by atoms with Crippen molar-refractivity contribution in [2.45, 2.75) is 70.6 Å². The third-order valence-corrected chi connectivity index (χ3v) is 4.44. The van der Waals surface area contributed by atoms with Crippen molar-refractivity contribution >= 4 is 11.9 Å². The van der Waals surface area contributed by atoms with Crippen LogP contribution in [0.25, 0.3) is 0 Å². The molecule has 2 fully saturated rings. The molecule has 1 spiro atoms. The summed E-state index contributed by atoms with van der Waals surface area (Å²) in [6.07, 6.45) is 4.37. The number of likely N-dealkylation sites (N-methyl/N-ethyl adjacent to an activating group) is 1. The molecule has 0 aromatic heterocycles. The van der Waals surface area contributed by atoms with Gasteiger partial charge < -0.3 is 20.1 Å². The number of carboxylic acid groups (broad SMARTS) is 1. The lowest BCUT2D eigenvalue weighted by Crippen LogP contribution is -2.64. The van der Waals surface area contributed by atoms with E-state index < -0.39 is 11.6 Å². The summed E-state index contributed by atoms with van der Waals surface area (Å²) in [5.41, 5.74) is -0.776. The molecule has 0 radical (unpaired) electrons. The van der Waals surface area contributed by atoms with E-state index in [4.69, 9.17) is 14.6 Å². The zero-order chi connectivity index (χ0) is 17.0. The van der Waals surface area contributed by atoms with Gasteiger partial charge in [-0.25, -0.2) is 0 Å². The van der Waals surface area contributed by atoms with E-state index in [9.17, 15) is 4.79 Å². The molecule has 1 aliphatic heterocycles. The van der Waals surface area contributed by atoms with E-state index in [0.29, 0.717) is 6.04 Å². The second-order valence-electron chi connectivity index (χ2n) is 6.70. The summed E-state index contributed by atoms with van der Waals surface area (Å²) in [5, 5.41) is 10.8. The van der Waals surface area contributed by atoms with E-state index in [1.807, 2.05) is 32.7 Å². The molecule has 2 aliphatic rings. The fraction of sp³-hybridized carbons (Fsp3) is 0.875. The number of aliphatic carboxylic acids is 1. The van der Waals surface area contributed by atoms with Crippen LogP contribution in [0, 0.1) is 0 Å². The highest BCUT2D eigenvalue weighted by Gasteiger charge is 2.50. The van der Waals surface area contributed by atoms with Crippen molar-refractivity contribution in [3.63, 3.8) is 0 Å². The molecule has 0 atom stereocenters. The summed E-state index contributed by atoms with van der Waals surface area (Å²) in [6.45, 7) is 8.49. The molecule has 1 saturated carbocycles. The first kappa shape index (κ1) is 18.9. The Morgan fingerprint density at radius 2 is 1.91 bits per heavy atom. The fourth-order valence-electron chi connectivity index (χ4n) is 3.37. The minimum absolute atomic E-state index is 0.110. The number of ether oxygens (including phenoxy) is 1. The average molecular weight is 314 g/mol. The van der Waals surface area contributed by atoms with Crippen molar-refractivity contribution in [2.24, 2.45) is 0 Å². The molecule has 1 aliphatic carbocycles. The molecule has 2 rings (SSSR count). The molecule has 6 heteroatoms. The summed E-state index contributed by atoms with van der Waals surface area (Å²) in [4.78, 5) is 23.2. The van der Waals surface area contributed by atoms with Crippen molar-refractivity contribution in [3.8, 4) is 0 Å². The zero-order valence-corrected chi connectivity index (χ0v) is 14.4. The molecule has 0 bridgehead atoms. The van der Waals surface area contributed by atoms with Crippen LogP contribution >= 0.6 is 0 Å². The molecule has 0 aromatic rings. The SMILES string of the molecule is CC(=O)O.CCN1CC2(CCC(NC)CC2)OC(C)(C)C1=O. The van der Waals surface area contributed by atoms with E-state index in [-0.39, 0.29) is 11.5 Å². The zero-order valence-electron chi connectivity index (χ0n) is 14.4. The van der Waals surface area contributed by atoms with Crippen LogP contribution in [-0.2, 0) is 14.3 Å². The molecule has 128 valence electrons. The summed E-state index contributed by atoms with van der Waals surface area (Å²) >= 11 is 0. The van der Waals surface area contributed by atoms with Crippen molar-refractivity contribution in [1.82, 2.24) is 10.2 Å². The molecule has 1 amide bonds. The highest BCUT2D eigenvalue weighted by Crippen LogP contribution is 2.39. The number of carbonyl (C=O) groups is 2. The summed E-state index contributed by atoms with van der Waals surface area (Å²) in [5.74, 6) is -0.702. The Morgan fingerprint density at radius 3 is 2.32 bits per heavy atom. The quantitative estimate of drug-likeness (QED) is 0.810. The molecular formula is C16H30N2O4. The number of hydrogen-bond donors (Lipinski definition) is 2. The Balaban J connectivity index is 0.000000541. The van der Waals surface area contributed by atoms with Gasteiger partial charge >= 0.3 is 0 Å². The summed E-state index contributed by atoms with van der Waals surface area (Å²) < 4.78 is 6.22. The van der Waals surface area contributed by atoms with Crippen LogP contribution < -0.4 is 5.32 Å². The second-order valence-corrected chi connectivity index (χ2v) is 6.70. The van der Waals surface area contributed by atoms with Gasteiger partial charge in [0, 0.05) is 26.1 Å². The standard InChI is InChI=1S/C14H26N2O2.C2H4O2/c1-5-16-10-14(18-13(2,3)12(16)17)8-6-11(15-4)7-9-14;1-2(3)4/h11,15H,5-10H2,1-4H3;1H3,(H,3,4). The van der Waals surface area contributed by atoms with Crippen molar-refractivity contribution in [3.05, 3.63) is 0 Å². The van der Waals surface area contributed by atoms with Crippen LogP contribution in [0.5, 0.6) is 0 Å². The molecule has 2 N–H and O–H groups in total. The average Bonchev–Trinajstić information content (AvgIpc) is 2.43. The maximum absolute atomic E-state index is 12.2. The number of carbonyl (C=O) groups excluding carboxylic acids is 1. The van der Waals surface area contributed by atoms with Crippen LogP contribution in [0.3, 0.4) is 0 Å². The van der Waals surface area contributed by atoms with Crippen LogP contribution in [-0.4, -0.2) is 59.3 Å². The Morgan fingerprint density at radius 1 is 1.41 bits per heavy atom. The predicted molar refractivity (Wildman–Crippen MR) is 84.8 cm³/mol. The van der Waals surface area contributed by atoms with Gasteiger partial charge in [0.25, 0.3) is 11.9 Å². The molecule has 1 heterocycles. The number of rotatable bonds is 2. The number of hydrogen-bond acceptors (Lipinski definition) is 4. The van der Waals surface area contributed by atoms with Gasteiger partial charge in [0.1, 0.15) is 5.60 Å². The minimum Gasteiger partial charge on any atom is -0.481 e. The third kappa shape index (κ3) is 4.68. The van der Waals surface area contributed by atoms with Gasteiger partial charge in [-0.3, -0.25) is 9.59 Å². The van der Waals surface area contributed by atoms with E-state index >= 15 is 0 Å². The van der Waals surface area contributed by atoms with Gasteiger partial charge in [-0.15, -0.1) is 0 Å². The van der Waals surface area contributed by atoms with E-state index in [2.05, 4.69) is 5.32 Å².